The molecule has 1 aromatic heterocycles. The van der Waals surface area contributed by atoms with Gasteiger partial charge in [-0.05, 0) is 47.2 Å². The molecule has 0 aliphatic rings. The fraction of sp³-hybridized carbons (Fsp3) is 0.286. The Morgan fingerprint density at radius 3 is 2.83 bits per heavy atom. The van der Waals surface area contributed by atoms with E-state index in [4.69, 9.17) is 0 Å². The summed E-state index contributed by atoms with van der Waals surface area (Å²) in [5.74, 6) is -0.202. The fourth-order valence-corrected chi connectivity index (χ4v) is 3.33. The third-order valence-corrected chi connectivity index (χ3v) is 4.18. The monoisotopic (exact) mass is 327 g/mol. The molecule has 0 unspecified atom stereocenters. The molecule has 0 saturated heterocycles. The van der Waals surface area contributed by atoms with Crippen LogP contribution in [0.3, 0.4) is 0 Å². The Labute approximate surface area is 119 Å². The molecule has 1 heterocycles. The second kappa shape index (κ2) is 6.45. The molecular formula is C14H15BrFNS. The first-order chi connectivity index (χ1) is 8.69. The van der Waals surface area contributed by atoms with Gasteiger partial charge in [0.2, 0.25) is 0 Å². The van der Waals surface area contributed by atoms with Gasteiger partial charge in [0, 0.05) is 22.4 Å². The Balaban J connectivity index is 1.92. The zero-order valence-electron chi connectivity index (χ0n) is 10.2. The molecule has 0 fully saturated rings. The van der Waals surface area contributed by atoms with Crippen molar-refractivity contribution in [1.29, 1.82) is 0 Å². The van der Waals surface area contributed by atoms with Crippen LogP contribution in [-0.4, -0.2) is 0 Å². The number of nitrogens with one attached hydrogen (secondary N) is 1. The summed E-state index contributed by atoms with van der Waals surface area (Å²) < 4.78 is 14.0. The van der Waals surface area contributed by atoms with Crippen LogP contribution in [0.4, 0.5) is 4.39 Å². The second-order valence-corrected chi connectivity index (χ2v) is 6.02. The number of hydrogen-bond donors (Lipinski definition) is 1. The van der Waals surface area contributed by atoms with Crippen molar-refractivity contribution < 1.29 is 4.39 Å². The summed E-state index contributed by atoms with van der Waals surface area (Å²) in [6.07, 6.45) is 1.06. The van der Waals surface area contributed by atoms with Gasteiger partial charge >= 0.3 is 0 Å². The Bertz CT molecular complexity index is 504. The van der Waals surface area contributed by atoms with Crippen molar-refractivity contribution in [1.82, 2.24) is 5.32 Å². The van der Waals surface area contributed by atoms with Crippen molar-refractivity contribution in [3.63, 3.8) is 0 Å². The Hall–Kier alpha value is -0.710. The summed E-state index contributed by atoms with van der Waals surface area (Å²) in [6.45, 7) is 3.68. The molecule has 0 aliphatic carbocycles. The van der Waals surface area contributed by atoms with Gasteiger partial charge in [-0.3, -0.25) is 0 Å². The van der Waals surface area contributed by atoms with E-state index < -0.39 is 0 Å². The average molecular weight is 328 g/mol. The van der Waals surface area contributed by atoms with Crippen molar-refractivity contribution >= 4 is 27.3 Å². The lowest BCUT2D eigenvalue weighted by Crippen LogP contribution is -2.12. The predicted molar refractivity (Wildman–Crippen MR) is 78.3 cm³/mol. The molecule has 0 spiro atoms. The summed E-state index contributed by atoms with van der Waals surface area (Å²) in [7, 11) is 0. The van der Waals surface area contributed by atoms with E-state index in [1.54, 1.807) is 17.4 Å². The number of halogens is 2. The van der Waals surface area contributed by atoms with E-state index >= 15 is 0 Å². The van der Waals surface area contributed by atoms with Gasteiger partial charge in [-0.2, -0.15) is 0 Å². The minimum atomic E-state index is -0.202. The van der Waals surface area contributed by atoms with Gasteiger partial charge in [0.15, 0.2) is 0 Å². The molecule has 0 aliphatic heterocycles. The number of rotatable bonds is 5. The molecule has 0 bridgehead atoms. The second-order valence-electron chi connectivity index (χ2n) is 4.10. The summed E-state index contributed by atoms with van der Waals surface area (Å²) in [4.78, 5) is 1.37. The highest BCUT2D eigenvalue weighted by Gasteiger charge is 2.03. The third kappa shape index (κ3) is 3.64. The molecule has 1 N–H and O–H groups in total. The van der Waals surface area contributed by atoms with Gasteiger partial charge in [0.05, 0.1) is 0 Å². The Morgan fingerprint density at radius 2 is 2.11 bits per heavy atom. The van der Waals surface area contributed by atoms with E-state index in [2.05, 4.69) is 39.6 Å². The fourth-order valence-electron chi connectivity index (χ4n) is 1.87. The number of hydrogen-bond acceptors (Lipinski definition) is 2. The molecular weight excluding hydrogens is 313 g/mol. The Kier molecular flexibility index (Phi) is 4.92. The minimum Gasteiger partial charge on any atom is -0.308 e. The van der Waals surface area contributed by atoms with Crippen LogP contribution in [0.2, 0.25) is 0 Å². The van der Waals surface area contributed by atoms with Crippen LogP contribution in [0.15, 0.2) is 34.1 Å². The van der Waals surface area contributed by atoms with Crippen LogP contribution in [0.5, 0.6) is 0 Å². The van der Waals surface area contributed by atoms with Crippen LogP contribution < -0.4 is 5.32 Å². The molecule has 18 heavy (non-hydrogen) atoms. The van der Waals surface area contributed by atoms with Gasteiger partial charge in [0.1, 0.15) is 5.82 Å². The lowest BCUT2D eigenvalue weighted by atomic mass is 10.2. The average Bonchev–Trinajstić information content (AvgIpc) is 2.75. The zero-order chi connectivity index (χ0) is 13.0. The van der Waals surface area contributed by atoms with Crippen molar-refractivity contribution in [2.75, 3.05) is 0 Å². The van der Waals surface area contributed by atoms with Gasteiger partial charge in [-0.25, -0.2) is 4.39 Å². The van der Waals surface area contributed by atoms with Crippen molar-refractivity contribution in [3.8, 4) is 0 Å². The standard InChI is InChI=1S/C14H15BrFNS/c1-2-11-3-4-18-14(11)9-17-8-10-5-12(15)7-13(16)6-10/h3-7,17H,2,8-9H2,1H3. The number of benzene rings is 1. The lowest BCUT2D eigenvalue weighted by molar-refractivity contribution is 0.619. The van der Waals surface area contributed by atoms with Crippen LogP contribution in [0.25, 0.3) is 0 Å². The number of thiophene rings is 1. The smallest absolute Gasteiger partial charge is 0.124 e. The van der Waals surface area contributed by atoms with Gasteiger partial charge in [-0.15, -0.1) is 11.3 Å². The van der Waals surface area contributed by atoms with E-state index in [0.29, 0.717) is 6.54 Å². The van der Waals surface area contributed by atoms with Crippen molar-refractivity contribution in [3.05, 3.63) is 55.9 Å². The molecule has 96 valence electrons. The van der Waals surface area contributed by atoms with E-state index in [9.17, 15) is 4.39 Å². The maximum atomic E-state index is 13.2. The third-order valence-electron chi connectivity index (χ3n) is 2.76. The summed E-state index contributed by atoms with van der Waals surface area (Å²) in [5, 5.41) is 5.48. The van der Waals surface area contributed by atoms with E-state index in [0.717, 1.165) is 23.0 Å². The summed E-state index contributed by atoms with van der Waals surface area (Å²) in [6, 6.07) is 7.14. The predicted octanol–water partition coefficient (Wildman–Crippen LogP) is 4.50. The van der Waals surface area contributed by atoms with Crippen LogP contribution in [0, 0.1) is 5.82 Å². The highest BCUT2D eigenvalue weighted by Crippen LogP contribution is 2.18. The number of aryl methyl sites for hydroxylation is 1. The molecule has 2 rings (SSSR count). The van der Waals surface area contributed by atoms with E-state index in [1.165, 1.54) is 16.5 Å². The SMILES string of the molecule is CCc1ccsc1CNCc1cc(F)cc(Br)c1. The van der Waals surface area contributed by atoms with Crippen molar-refractivity contribution in [2.24, 2.45) is 0 Å². The molecule has 1 aromatic carbocycles. The first-order valence-corrected chi connectivity index (χ1v) is 7.57. The molecule has 0 radical (unpaired) electrons. The minimum absolute atomic E-state index is 0.202. The Morgan fingerprint density at radius 1 is 1.28 bits per heavy atom. The van der Waals surface area contributed by atoms with E-state index in [-0.39, 0.29) is 5.82 Å². The molecule has 1 nitrogen and oxygen atoms in total. The lowest BCUT2D eigenvalue weighted by Gasteiger charge is -2.06. The highest BCUT2D eigenvalue weighted by atomic mass is 79.9. The van der Waals surface area contributed by atoms with Crippen LogP contribution >= 0.6 is 27.3 Å². The molecule has 0 saturated carbocycles. The van der Waals surface area contributed by atoms with Gasteiger partial charge < -0.3 is 5.32 Å². The van der Waals surface area contributed by atoms with Crippen LogP contribution in [0.1, 0.15) is 22.9 Å². The van der Waals surface area contributed by atoms with Gasteiger partial charge in [-0.1, -0.05) is 22.9 Å². The summed E-state index contributed by atoms with van der Waals surface area (Å²) in [5.41, 5.74) is 2.35. The molecule has 0 atom stereocenters. The molecule has 0 amide bonds. The topological polar surface area (TPSA) is 12.0 Å². The van der Waals surface area contributed by atoms with Crippen LogP contribution in [-0.2, 0) is 19.5 Å². The van der Waals surface area contributed by atoms with Crippen molar-refractivity contribution in [2.45, 2.75) is 26.4 Å². The first-order valence-electron chi connectivity index (χ1n) is 5.90. The largest absolute Gasteiger partial charge is 0.308 e. The normalized spacial score (nSPS) is 10.8. The maximum Gasteiger partial charge on any atom is 0.124 e. The zero-order valence-corrected chi connectivity index (χ0v) is 12.6. The highest BCUT2D eigenvalue weighted by molar-refractivity contribution is 9.10. The maximum absolute atomic E-state index is 13.2. The van der Waals surface area contributed by atoms with Gasteiger partial charge in [0.25, 0.3) is 0 Å². The first kappa shape index (κ1) is 13.7. The molecule has 2 aromatic rings. The quantitative estimate of drug-likeness (QED) is 0.852. The molecule has 4 heteroatoms. The summed E-state index contributed by atoms with van der Waals surface area (Å²) >= 11 is 5.07. The van der Waals surface area contributed by atoms with E-state index in [1.807, 2.05) is 6.07 Å².